The summed E-state index contributed by atoms with van der Waals surface area (Å²) in [6.45, 7) is 5.97. The largest absolute Gasteiger partial charge is 0.326 e. The quantitative estimate of drug-likeness (QED) is 0.392. The molecular weight excluding hydrogens is 376 g/mol. The summed E-state index contributed by atoms with van der Waals surface area (Å²) in [6.07, 6.45) is 1.95. The lowest BCUT2D eigenvalue weighted by molar-refractivity contribution is -0.123. The van der Waals surface area contributed by atoms with Gasteiger partial charge in [0.1, 0.15) is 5.82 Å². The molecule has 0 saturated carbocycles. The number of aryl methyl sites for hydroxylation is 2. The number of carbonyl (C=O) groups excluding carboxylic acids is 2. The zero-order valence-corrected chi connectivity index (χ0v) is 17.0. The molecule has 148 valence electrons. The van der Waals surface area contributed by atoms with E-state index < -0.39 is 5.92 Å². The lowest BCUT2D eigenvalue weighted by Crippen LogP contribution is -2.36. The smallest absolute Gasteiger partial charge is 0.257 e. The molecule has 0 bridgehead atoms. The molecule has 7 nitrogen and oxygen atoms in total. The van der Waals surface area contributed by atoms with Gasteiger partial charge >= 0.3 is 0 Å². The normalized spacial score (nSPS) is 15.7. The molecule has 0 fully saturated rings. The third-order valence-corrected chi connectivity index (χ3v) is 5.43. The van der Waals surface area contributed by atoms with Crippen molar-refractivity contribution < 1.29 is 9.59 Å². The molecule has 1 aromatic carbocycles. The number of rotatable bonds is 6. The molecule has 0 unspecified atom stereocenters. The van der Waals surface area contributed by atoms with E-state index in [4.69, 9.17) is 0 Å². The fourth-order valence-corrected chi connectivity index (χ4v) is 4.18. The summed E-state index contributed by atoms with van der Waals surface area (Å²) in [4.78, 5) is 44.8. The molecule has 1 aliphatic heterocycles. The predicted octanol–water partition coefficient (Wildman–Crippen LogP) is 3.34. The molecular formula is C20H24N4O3S. The predicted molar refractivity (Wildman–Crippen MR) is 111 cm³/mol. The van der Waals surface area contributed by atoms with Crippen LogP contribution in [0.2, 0.25) is 0 Å². The highest BCUT2D eigenvalue weighted by Crippen LogP contribution is 2.30. The van der Waals surface area contributed by atoms with Crippen molar-refractivity contribution in [3.05, 3.63) is 45.2 Å². The van der Waals surface area contributed by atoms with Gasteiger partial charge in [-0.15, -0.1) is 0 Å². The number of anilines is 2. The van der Waals surface area contributed by atoms with Crippen LogP contribution in [0, 0.1) is 13.8 Å². The molecule has 0 radical (unpaired) electrons. The molecule has 28 heavy (non-hydrogen) atoms. The van der Waals surface area contributed by atoms with Crippen molar-refractivity contribution in [2.75, 3.05) is 16.4 Å². The van der Waals surface area contributed by atoms with Crippen molar-refractivity contribution in [2.24, 2.45) is 0 Å². The number of aromatic amines is 1. The number of benzene rings is 1. The number of H-pyrrole nitrogens is 1. The van der Waals surface area contributed by atoms with Crippen LogP contribution in [0.5, 0.6) is 0 Å². The van der Waals surface area contributed by atoms with Crippen molar-refractivity contribution in [1.29, 1.82) is 0 Å². The number of thioether (sulfide) groups is 1. The molecule has 0 spiro atoms. The van der Waals surface area contributed by atoms with Crippen LogP contribution in [-0.4, -0.2) is 27.5 Å². The van der Waals surface area contributed by atoms with Crippen LogP contribution in [0.3, 0.4) is 0 Å². The second-order valence-corrected chi connectivity index (χ2v) is 8.09. The maximum absolute atomic E-state index is 12.9. The highest BCUT2D eigenvalue weighted by molar-refractivity contribution is 7.99. The maximum Gasteiger partial charge on any atom is 0.257 e. The number of amides is 2. The van der Waals surface area contributed by atoms with Crippen LogP contribution in [0.15, 0.2) is 28.2 Å². The molecule has 1 atom stereocenters. The summed E-state index contributed by atoms with van der Waals surface area (Å²) in [5.74, 6) is -0.589. The fraction of sp³-hybridized carbons (Fsp3) is 0.400. The van der Waals surface area contributed by atoms with E-state index in [-0.39, 0.29) is 35.2 Å². The molecule has 0 saturated heterocycles. The van der Waals surface area contributed by atoms with E-state index in [9.17, 15) is 14.4 Å². The van der Waals surface area contributed by atoms with Gasteiger partial charge in [-0.1, -0.05) is 31.2 Å². The lowest BCUT2D eigenvalue weighted by Gasteiger charge is -2.23. The van der Waals surface area contributed by atoms with E-state index in [1.807, 2.05) is 32.0 Å². The van der Waals surface area contributed by atoms with Gasteiger partial charge in [0.05, 0.1) is 11.5 Å². The number of nitrogens with zero attached hydrogens (tertiary/aromatic N) is 1. The maximum atomic E-state index is 12.9. The topological polar surface area (TPSA) is 104 Å². The highest BCUT2D eigenvalue weighted by atomic mass is 32.2. The fourth-order valence-electron chi connectivity index (χ4n) is 3.23. The van der Waals surface area contributed by atoms with Gasteiger partial charge in [0.2, 0.25) is 11.8 Å². The van der Waals surface area contributed by atoms with Crippen LogP contribution in [0.25, 0.3) is 0 Å². The van der Waals surface area contributed by atoms with Gasteiger partial charge in [-0.25, -0.2) is 4.98 Å². The second kappa shape index (κ2) is 8.60. The van der Waals surface area contributed by atoms with Gasteiger partial charge in [-0.3, -0.25) is 14.4 Å². The number of hydrogen-bond donors (Lipinski definition) is 3. The van der Waals surface area contributed by atoms with Crippen molar-refractivity contribution in [3.63, 3.8) is 0 Å². The number of carbonyl (C=O) groups is 2. The third kappa shape index (κ3) is 4.62. The Morgan fingerprint density at radius 2 is 1.96 bits per heavy atom. The molecule has 2 amide bonds. The van der Waals surface area contributed by atoms with Crippen molar-refractivity contribution in [1.82, 2.24) is 9.97 Å². The van der Waals surface area contributed by atoms with Crippen LogP contribution in [-0.2, 0) is 9.59 Å². The third-order valence-electron chi connectivity index (χ3n) is 4.47. The first-order valence-electron chi connectivity index (χ1n) is 9.33. The zero-order valence-electron chi connectivity index (χ0n) is 16.2. The summed E-state index contributed by atoms with van der Waals surface area (Å²) in [7, 11) is 0. The Kier molecular flexibility index (Phi) is 6.18. The zero-order chi connectivity index (χ0) is 20.3. The number of nitrogens with one attached hydrogen (secondary N) is 3. The Hall–Kier alpha value is -2.61. The molecule has 1 aromatic heterocycles. The molecule has 0 aliphatic carbocycles. The van der Waals surface area contributed by atoms with Gasteiger partial charge in [0, 0.05) is 17.9 Å². The first kappa shape index (κ1) is 20.1. The Balaban J connectivity index is 1.88. The molecule has 3 N–H and O–H groups in total. The van der Waals surface area contributed by atoms with Crippen molar-refractivity contribution in [2.45, 2.75) is 51.1 Å². The molecule has 2 heterocycles. The van der Waals surface area contributed by atoms with Gasteiger partial charge in [-0.05, 0) is 43.5 Å². The summed E-state index contributed by atoms with van der Waals surface area (Å²) in [6, 6.07) is 5.71. The van der Waals surface area contributed by atoms with E-state index in [0.717, 1.165) is 29.7 Å². The molecule has 8 heteroatoms. The highest BCUT2D eigenvalue weighted by Gasteiger charge is 2.34. The van der Waals surface area contributed by atoms with Gasteiger partial charge < -0.3 is 15.6 Å². The van der Waals surface area contributed by atoms with E-state index in [1.54, 1.807) is 0 Å². The summed E-state index contributed by atoms with van der Waals surface area (Å²) in [5.41, 5.74) is 2.51. The Morgan fingerprint density at radius 1 is 1.25 bits per heavy atom. The number of fused-ring (bicyclic) bond motifs is 1. The van der Waals surface area contributed by atoms with Gasteiger partial charge in [-0.2, -0.15) is 0 Å². The summed E-state index contributed by atoms with van der Waals surface area (Å²) < 4.78 is 0. The van der Waals surface area contributed by atoms with E-state index in [0.29, 0.717) is 10.8 Å². The first-order chi connectivity index (χ1) is 13.4. The summed E-state index contributed by atoms with van der Waals surface area (Å²) in [5, 5.41) is 5.92. The van der Waals surface area contributed by atoms with Gasteiger partial charge in [0.25, 0.3) is 5.56 Å². The standard InChI is InChI=1S/C20H24N4O3S/c1-4-5-6-28-20-23-17-16(19(27)24-20)14(10-15(25)22-17)18(26)21-13-8-11(2)7-12(3)9-13/h7-9,14H,4-6,10H2,1-3H3,(H,21,26)(H2,22,23,24,25,27)/t14-/m1/s1. The average molecular weight is 401 g/mol. The molecule has 3 rings (SSSR count). The van der Waals surface area contributed by atoms with Crippen LogP contribution in [0.4, 0.5) is 11.5 Å². The Morgan fingerprint density at radius 3 is 2.64 bits per heavy atom. The monoisotopic (exact) mass is 400 g/mol. The van der Waals surface area contributed by atoms with E-state index >= 15 is 0 Å². The minimum absolute atomic E-state index is 0.0866. The summed E-state index contributed by atoms with van der Waals surface area (Å²) >= 11 is 1.43. The Bertz CT molecular complexity index is 950. The number of unbranched alkanes of at least 4 members (excludes halogenated alkanes) is 1. The molecule has 2 aromatic rings. The van der Waals surface area contributed by atoms with Crippen molar-refractivity contribution >= 4 is 35.1 Å². The molecule has 1 aliphatic rings. The van der Waals surface area contributed by atoms with E-state index in [1.165, 1.54) is 11.8 Å². The lowest BCUT2D eigenvalue weighted by atomic mass is 9.92. The SMILES string of the molecule is CCCCSc1nc2c(c(=O)[nH]1)[C@H](C(=O)Nc1cc(C)cc(C)c1)CC(=O)N2. The van der Waals surface area contributed by atoms with Crippen LogP contribution < -0.4 is 16.2 Å². The van der Waals surface area contributed by atoms with Crippen molar-refractivity contribution in [3.8, 4) is 0 Å². The average Bonchev–Trinajstić information content (AvgIpc) is 2.60. The van der Waals surface area contributed by atoms with Gasteiger partial charge in [0.15, 0.2) is 5.16 Å². The Labute approximate surface area is 167 Å². The van der Waals surface area contributed by atoms with Crippen LogP contribution >= 0.6 is 11.8 Å². The second-order valence-electron chi connectivity index (χ2n) is 7.01. The van der Waals surface area contributed by atoms with Crippen LogP contribution in [0.1, 0.15) is 48.8 Å². The minimum atomic E-state index is -0.879. The van der Waals surface area contributed by atoms with E-state index in [2.05, 4.69) is 27.5 Å². The number of hydrogen-bond acceptors (Lipinski definition) is 5. The minimum Gasteiger partial charge on any atom is -0.326 e. The first-order valence-corrected chi connectivity index (χ1v) is 10.3. The number of aromatic nitrogens is 2.